The maximum atomic E-state index is 12.8. The number of carbonyl (C=O) groups excluding carboxylic acids is 3. The van der Waals surface area contributed by atoms with Crippen molar-refractivity contribution in [3.63, 3.8) is 0 Å². The molecule has 0 spiro atoms. The summed E-state index contributed by atoms with van der Waals surface area (Å²) < 4.78 is 16.7. The summed E-state index contributed by atoms with van der Waals surface area (Å²) in [7, 11) is 0. The maximum Gasteiger partial charge on any atom is 0.306 e. The fraction of sp³-hybridized carbons (Fsp3) is 0.732. The van der Waals surface area contributed by atoms with Crippen molar-refractivity contribution in [3.05, 3.63) is 72.9 Å². The molecule has 0 bridgehead atoms. The summed E-state index contributed by atoms with van der Waals surface area (Å²) in [5.41, 5.74) is 0. The van der Waals surface area contributed by atoms with Crippen molar-refractivity contribution in [1.82, 2.24) is 0 Å². The summed E-state index contributed by atoms with van der Waals surface area (Å²) in [6, 6.07) is 0. The van der Waals surface area contributed by atoms with E-state index in [4.69, 9.17) is 14.2 Å². The summed E-state index contributed by atoms with van der Waals surface area (Å²) in [4.78, 5) is 37.9. The molecule has 0 N–H and O–H groups in total. The minimum absolute atomic E-state index is 0.0869. The number of rotatable bonds is 46. The van der Waals surface area contributed by atoms with Crippen molar-refractivity contribution < 1.29 is 28.6 Å². The zero-order valence-corrected chi connectivity index (χ0v) is 40.6. The third kappa shape index (κ3) is 47.9. The van der Waals surface area contributed by atoms with Gasteiger partial charge in [-0.3, -0.25) is 14.4 Å². The van der Waals surface area contributed by atoms with Crippen molar-refractivity contribution in [3.8, 4) is 0 Å². The molecule has 0 aromatic carbocycles. The fourth-order valence-electron chi connectivity index (χ4n) is 7.05. The van der Waals surface area contributed by atoms with Gasteiger partial charge in [0, 0.05) is 19.3 Å². The van der Waals surface area contributed by atoms with Gasteiger partial charge in [0.25, 0.3) is 0 Å². The van der Waals surface area contributed by atoms with E-state index < -0.39 is 6.10 Å². The van der Waals surface area contributed by atoms with Crippen molar-refractivity contribution >= 4 is 17.9 Å². The Bertz CT molecular complexity index is 1180. The van der Waals surface area contributed by atoms with E-state index in [1.165, 1.54) is 109 Å². The highest BCUT2D eigenvalue weighted by Crippen LogP contribution is 2.14. The summed E-state index contributed by atoms with van der Waals surface area (Å²) in [6.45, 7) is 6.46. The molecule has 62 heavy (non-hydrogen) atoms. The van der Waals surface area contributed by atoms with Gasteiger partial charge in [-0.2, -0.15) is 0 Å². The second kappa shape index (κ2) is 50.5. The zero-order chi connectivity index (χ0) is 45.1. The Morgan fingerprint density at radius 1 is 0.339 bits per heavy atom. The molecule has 6 heteroatoms. The van der Waals surface area contributed by atoms with Crippen molar-refractivity contribution in [1.29, 1.82) is 0 Å². The first kappa shape index (κ1) is 58.9. The summed E-state index contributed by atoms with van der Waals surface area (Å²) in [5.74, 6) is -0.927. The van der Waals surface area contributed by atoms with E-state index >= 15 is 0 Å². The molecular formula is C56H96O6. The monoisotopic (exact) mass is 865 g/mol. The van der Waals surface area contributed by atoms with Gasteiger partial charge in [-0.15, -0.1) is 0 Å². The molecule has 0 amide bonds. The Morgan fingerprint density at radius 3 is 1.02 bits per heavy atom. The van der Waals surface area contributed by atoms with Gasteiger partial charge in [-0.25, -0.2) is 0 Å². The van der Waals surface area contributed by atoms with Crippen LogP contribution in [0.25, 0.3) is 0 Å². The molecule has 0 aliphatic heterocycles. The summed E-state index contributed by atoms with van der Waals surface area (Å²) in [5, 5.41) is 0. The van der Waals surface area contributed by atoms with E-state index in [0.29, 0.717) is 19.3 Å². The lowest BCUT2D eigenvalue weighted by molar-refractivity contribution is -0.167. The van der Waals surface area contributed by atoms with Gasteiger partial charge in [0.1, 0.15) is 13.2 Å². The van der Waals surface area contributed by atoms with Crippen LogP contribution in [0.3, 0.4) is 0 Å². The Balaban J connectivity index is 4.36. The van der Waals surface area contributed by atoms with Crippen LogP contribution in [0.5, 0.6) is 0 Å². The van der Waals surface area contributed by atoms with Crippen molar-refractivity contribution in [2.24, 2.45) is 0 Å². The normalized spacial score (nSPS) is 12.6. The smallest absolute Gasteiger partial charge is 0.306 e. The second-order valence-electron chi connectivity index (χ2n) is 17.1. The largest absolute Gasteiger partial charge is 0.462 e. The predicted molar refractivity (Wildman–Crippen MR) is 265 cm³/mol. The van der Waals surface area contributed by atoms with E-state index in [1.807, 2.05) is 0 Å². The van der Waals surface area contributed by atoms with Crippen molar-refractivity contribution in [2.45, 2.75) is 252 Å². The number of unbranched alkanes of at least 4 members (excludes halogenated alkanes) is 23. The van der Waals surface area contributed by atoms with Gasteiger partial charge in [-0.05, 0) is 89.9 Å². The molecule has 356 valence electrons. The van der Waals surface area contributed by atoms with Crippen LogP contribution in [-0.4, -0.2) is 37.2 Å². The highest BCUT2D eigenvalue weighted by Gasteiger charge is 2.19. The Hall–Kier alpha value is -3.15. The topological polar surface area (TPSA) is 78.9 Å². The van der Waals surface area contributed by atoms with Crippen LogP contribution in [0.15, 0.2) is 72.9 Å². The van der Waals surface area contributed by atoms with Crippen LogP contribution < -0.4 is 0 Å². The van der Waals surface area contributed by atoms with Gasteiger partial charge in [-0.1, -0.05) is 209 Å². The zero-order valence-electron chi connectivity index (χ0n) is 40.6. The van der Waals surface area contributed by atoms with Gasteiger partial charge in [0.15, 0.2) is 6.10 Å². The molecule has 0 aromatic heterocycles. The molecule has 1 unspecified atom stereocenters. The lowest BCUT2D eigenvalue weighted by atomic mass is 10.1. The van der Waals surface area contributed by atoms with Gasteiger partial charge in [0.2, 0.25) is 0 Å². The summed E-state index contributed by atoms with van der Waals surface area (Å²) >= 11 is 0. The predicted octanol–water partition coefficient (Wildman–Crippen LogP) is 17.0. The number of carbonyl (C=O) groups is 3. The Labute approximate surface area is 382 Å². The standard InChI is InChI=1S/C56H96O6/c1-4-7-10-13-16-19-21-23-25-27-28-30-31-33-35-37-40-43-46-49-55(58)61-52-53(51-60-54(57)48-45-42-39-18-15-12-9-6-3)62-56(59)50-47-44-41-38-36-34-32-29-26-24-22-20-17-14-11-8-5-2/h7,10,16,19,23-26,28,30,33,35,53H,4-6,8-9,11-15,17-18,20-22,27,29,31-32,34,36-52H2,1-3H3/b10-7-,19-16-,25-23-,26-24-,30-28-,35-33-. The van der Waals surface area contributed by atoms with Crippen LogP contribution in [-0.2, 0) is 28.6 Å². The third-order valence-corrected chi connectivity index (χ3v) is 10.9. The van der Waals surface area contributed by atoms with Crippen LogP contribution in [0, 0.1) is 0 Å². The first-order valence-corrected chi connectivity index (χ1v) is 25.9. The molecule has 0 aromatic rings. The molecule has 0 saturated heterocycles. The maximum absolute atomic E-state index is 12.8. The average Bonchev–Trinajstić information content (AvgIpc) is 3.27. The van der Waals surface area contributed by atoms with E-state index in [0.717, 1.165) is 96.3 Å². The second-order valence-corrected chi connectivity index (χ2v) is 17.1. The highest BCUT2D eigenvalue weighted by molar-refractivity contribution is 5.71. The number of hydrogen-bond acceptors (Lipinski definition) is 6. The quantitative estimate of drug-likeness (QED) is 0.0262. The lowest BCUT2D eigenvalue weighted by Crippen LogP contribution is -2.30. The molecule has 0 radical (unpaired) electrons. The van der Waals surface area contributed by atoms with E-state index in [2.05, 4.69) is 93.7 Å². The molecule has 0 rings (SSSR count). The molecule has 0 fully saturated rings. The first-order chi connectivity index (χ1) is 30.5. The Morgan fingerprint density at radius 2 is 0.629 bits per heavy atom. The minimum Gasteiger partial charge on any atom is -0.462 e. The molecular weight excluding hydrogens is 769 g/mol. The fourth-order valence-corrected chi connectivity index (χ4v) is 7.05. The SMILES string of the molecule is CC/C=C\C/C=C\C/C=C\C/C=C\C/C=C\CCCCCC(=O)OCC(COC(=O)CCCCCCCCCC)OC(=O)CCCCCCCCC/C=C\CCCCCCCC. The van der Waals surface area contributed by atoms with E-state index in [-0.39, 0.29) is 31.1 Å². The van der Waals surface area contributed by atoms with Crippen LogP contribution in [0.2, 0.25) is 0 Å². The van der Waals surface area contributed by atoms with Crippen molar-refractivity contribution in [2.75, 3.05) is 13.2 Å². The molecule has 0 aliphatic rings. The number of hydrogen-bond donors (Lipinski definition) is 0. The molecule has 0 saturated carbocycles. The molecule has 1 atom stereocenters. The number of ether oxygens (including phenoxy) is 3. The van der Waals surface area contributed by atoms with Gasteiger partial charge >= 0.3 is 17.9 Å². The molecule has 0 heterocycles. The lowest BCUT2D eigenvalue weighted by Gasteiger charge is -2.18. The molecule has 0 aliphatic carbocycles. The number of esters is 3. The first-order valence-electron chi connectivity index (χ1n) is 25.9. The van der Waals surface area contributed by atoms with Crippen LogP contribution in [0.1, 0.15) is 245 Å². The van der Waals surface area contributed by atoms with Crippen LogP contribution in [0.4, 0.5) is 0 Å². The van der Waals surface area contributed by atoms with E-state index in [1.54, 1.807) is 0 Å². The third-order valence-electron chi connectivity index (χ3n) is 10.9. The average molecular weight is 865 g/mol. The summed E-state index contributed by atoms with van der Waals surface area (Å²) in [6.07, 6.45) is 63.2. The van der Waals surface area contributed by atoms with Crippen LogP contribution >= 0.6 is 0 Å². The minimum atomic E-state index is -0.788. The van der Waals surface area contributed by atoms with Gasteiger partial charge < -0.3 is 14.2 Å². The Kier molecular flexibility index (Phi) is 47.9. The number of allylic oxidation sites excluding steroid dienone is 12. The van der Waals surface area contributed by atoms with E-state index in [9.17, 15) is 14.4 Å². The highest BCUT2D eigenvalue weighted by atomic mass is 16.6. The molecule has 6 nitrogen and oxygen atoms in total. The van der Waals surface area contributed by atoms with Gasteiger partial charge in [0.05, 0.1) is 0 Å².